The molecule has 0 unspecified atom stereocenters. The molecule has 0 fully saturated rings. The van der Waals surface area contributed by atoms with Crippen molar-refractivity contribution in [1.82, 2.24) is 4.98 Å². The van der Waals surface area contributed by atoms with E-state index in [0.717, 1.165) is 9.40 Å². The molecule has 17 heavy (non-hydrogen) atoms. The number of rotatable bonds is 0. The smallest absolute Gasteiger partial charge is 0.198 e. The third-order valence-electron chi connectivity index (χ3n) is 2.52. The van der Waals surface area contributed by atoms with Crippen molar-refractivity contribution in [2.24, 2.45) is 0 Å². The summed E-state index contributed by atoms with van der Waals surface area (Å²) in [5.41, 5.74) is -0.116. The number of aromatic nitrogens is 1. The van der Waals surface area contributed by atoms with E-state index in [1.807, 2.05) is 0 Å². The van der Waals surface area contributed by atoms with Crippen LogP contribution < -0.4 is 5.43 Å². The van der Waals surface area contributed by atoms with Crippen LogP contribution in [0.1, 0.15) is 0 Å². The van der Waals surface area contributed by atoms with Crippen molar-refractivity contribution in [3.8, 4) is 0 Å². The molecule has 0 saturated carbocycles. The number of nitrogens with zero attached hydrogens (tertiary/aromatic N) is 1. The highest BCUT2D eigenvalue weighted by molar-refractivity contribution is 7.25. The summed E-state index contributed by atoms with van der Waals surface area (Å²) in [7, 11) is 0. The first-order chi connectivity index (χ1) is 8.18. The van der Waals surface area contributed by atoms with Crippen LogP contribution in [0.2, 0.25) is 10.0 Å². The average Bonchev–Trinajstić information content (AvgIpc) is 2.34. The lowest BCUT2D eigenvalue weighted by Crippen LogP contribution is -2.02. The molecule has 2 heterocycles. The monoisotopic (exact) mass is 281 g/mol. The van der Waals surface area contributed by atoms with Crippen LogP contribution in [-0.4, -0.2) is 4.98 Å². The molecule has 0 aliphatic heterocycles. The molecule has 5 heteroatoms. The van der Waals surface area contributed by atoms with Crippen molar-refractivity contribution in [3.63, 3.8) is 0 Å². The molecular weight excluding hydrogens is 277 g/mol. The zero-order valence-electron chi connectivity index (χ0n) is 8.41. The van der Waals surface area contributed by atoms with E-state index in [1.165, 1.54) is 11.3 Å². The highest BCUT2D eigenvalue weighted by Gasteiger charge is 2.11. The Bertz CT molecular complexity index is 797. The number of halogens is 2. The van der Waals surface area contributed by atoms with Crippen LogP contribution in [0.4, 0.5) is 0 Å². The third-order valence-corrected chi connectivity index (χ3v) is 4.47. The number of hydrogen-bond acceptors (Lipinski definition) is 3. The Morgan fingerprint density at radius 2 is 1.88 bits per heavy atom. The van der Waals surface area contributed by atoms with Crippen LogP contribution in [0.3, 0.4) is 0 Å². The van der Waals surface area contributed by atoms with Crippen LogP contribution in [0.5, 0.6) is 0 Å². The van der Waals surface area contributed by atoms with Crippen molar-refractivity contribution >= 4 is 54.7 Å². The Hall–Kier alpha value is -1.16. The first-order valence-electron chi connectivity index (χ1n) is 4.83. The van der Waals surface area contributed by atoms with Crippen molar-refractivity contribution in [1.29, 1.82) is 0 Å². The molecule has 1 aromatic carbocycles. The van der Waals surface area contributed by atoms with Gasteiger partial charge in [0, 0.05) is 17.1 Å². The maximum absolute atomic E-state index is 12.3. The second-order valence-electron chi connectivity index (χ2n) is 3.54. The normalized spacial score (nSPS) is 11.2. The van der Waals surface area contributed by atoms with Gasteiger partial charge in [-0.15, -0.1) is 11.3 Å². The summed E-state index contributed by atoms with van der Waals surface area (Å²) in [5.74, 6) is 0. The van der Waals surface area contributed by atoms with Crippen molar-refractivity contribution < 1.29 is 0 Å². The van der Waals surface area contributed by atoms with Crippen LogP contribution >= 0.6 is 34.5 Å². The topological polar surface area (TPSA) is 30.0 Å². The molecule has 84 valence electrons. The molecule has 0 saturated heterocycles. The SMILES string of the molecule is O=c1c2cnccc2sc2c(Cl)ccc(Cl)c12. The largest absolute Gasteiger partial charge is 0.288 e. The Morgan fingerprint density at radius 3 is 2.71 bits per heavy atom. The molecule has 0 N–H and O–H groups in total. The quantitative estimate of drug-likeness (QED) is 0.581. The van der Waals surface area contributed by atoms with Gasteiger partial charge >= 0.3 is 0 Å². The predicted octanol–water partition coefficient (Wildman–Crippen LogP) is 4.12. The highest BCUT2D eigenvalue weighted by atomic mass is 35.5. The molecule has 3 rings (SSSR count). The Labute approximate surface area is 110 Å². The van der Waals surface area contributed by atoms with Crippen molar-refractivity contribution in [2.75, 3.05) is 0 Å². The Balaban J connectivity index is 2.69. The van der Waals surface area contributed by atoms with E-state index in [9.17, 15) is 4.79 Å². The molecule has 0 aliphatic rings. The Morgan fingerprint density at radius 1 is 1.12 bits per heavy atom. The van der Waals surface area contributed by atoms with Crippen LogP contribution in [0.25, 0.3) is 20.2 Å². The first kappa shape index (κ1) is 11.0. The molecule has 0 bridgehead atoms. The summed E-state index contributed by atoms with van der Waals surface area (Å²) in [6, 6.07) is 5.15. The van der Waals surface area contributed by atoms with Crippen LogP contribution in [-0.2, 0) is 0 Å². The minimum Gasteiger partial charge on any atom is -0.288 e. The fraction of sp³-hybridized carbons (Fsp3) is 0. The van der Waals surface area contributed by atoms with Crippen LogP contribution in [0.15, 0.2) is 35.4 Å². The second-order valence-corrected chi connectivity index (χ2v) is 5.40. The summed E-state index contributed by atoms with van der Waals surface area (Å²) in [5, 5.41) is 2.03. The predicted molar refractivity (Wildman–Crippen MR) is 73.4 cm³/mol. The molecule has 2 aromatic heterocycles. The van der Waals surface area contributed by atoms with Crippen molar-refractivity contribution in [2.45, 2.75) is 0 Å². The molecule has 0 radical (unpaired) electrons. The molecule has 0 amide bonds. The van der Waals surface area contributed by atoms with E-state index >= 15 is 0 Å². The lowest BCUT2D eigenvalue weighted by Gasteiger charge is -2.03. The van der Waals surface area contributed by atoms with Crippen molar-refractivity contribution in [3.05, 3.63) is 50.9 Å². The van der Waals surface area contributed by atoms with Gasteiger partial charge in [0.25, 0.3) is 0 Å². The first-order valence-corrected chi connectivity index (χ1v) is 6.40. The number of fused-ring (bicyclic) bond motifs is 2. The van der Waals surface area contributed by atoms with Gasteiger partial charge in [-0.1, -0.05) is 23.2 Å². The van der Waals surface area contributed by atoms with E-state index in [0.29, 0.717) is 20.8 Å². The van der Waals surface area contributed by atoms with Gasteiger partial charge in [-0.3, -0.25) is 9.78 Å². The number of benzene rings is 1. The highest BCUT2D eigenvalue weighted by Crippen LogP contribution is 2.33. The Kier molecular flexibility index (Phi) is 2.54. The average molecular weight is 282 g/mol. The van der Waals surface area contributed by atoms with Gasteiger partial charge in [-0.25, -0.2) is 0 Å². The standard InChI is InChI=1S/C12H5Cl2NOS/c13-7-1-2-8(14)12-10(7)11(16)6-5-15-4-3-9(6)17-12/h1-5H. The summed E-state index contributed by atoms with van der Waals surface area (Å²) < 4.78 is 1.59. The summed E-state index contributed by atoms with van der Waals surface area (Å²) in [6.07, 6.45) is 3.22. The molecule has 0 aliphatic carbocycles. The van der Waals surface area contributed by atoms with Gasteiger partial charge in [0.05, 0.1) is 25.5 Å². The minimum atomic E-state index is -0.116. The van der Waals surface area contributed by atoms with E-state index in [2.05, 4.69) is 4.98 Å². The molecule has 0 spiro atoms. The van der Waals surface area contributed by atoms with Gasteiger partial charge in [0.1, 0.15) is 0 Å². The second kappa shape index (κ2) is 3.95. The number of pyridine rings is 1. The minimum absolute atomic E-state index is 0.116. The summed E-state index contributed by atoms with van der Waals surface area (Å²) in [4.78, 5) is 16.2. The lowest BCUT2D eigenvalue weighted by molar-refractivity contribution is 1.37. The third kappa shape index (κ3) is 1.62. The van der Waals surface area contributed by atoms with Gasteiger partial charge < -0.3 is 0 Å². The summed E-state index contributed by atoms with van der Waals surface area (Å²) in [6.45, 7) is 0. The van der Waals surface area contributed by atoms with Gasteiger partial charge in [0.2, 0.25) is 0 Å². The van der Waals surface area contributed by atoms with E-state index in [4.69, 9.17) is 23.2 Å². The lowest BCUT2D eigenvalue weighted by atomic mass is 10.2. The number of hydrogen-bond donors (Lipinski definition) is 0. The van der Waals surface area contributed by atoms with Gasteiger partial charge in [0.15, 0.2) is 5.43 Å². The van der Waals surface area contributed by atoms with E-state index in [-0.39, 0.29) is 5.43 Å². The fourth-order valence-corrected chi connectivity index (χ4v) is 3.38. The van der Waals surface area contributed by atoms with Gasteiger partial charge in [-0.05, 0) is 18.2 Å². The van der Waals surface area contributed by atoms with Crippen LogP contribution in [0, 0.1) is 0 Å². The zero-order chi connectivity index (χ0) is 12.0. The maximum Gasteiger partial charge on any atom is 0.198 e. The molecule has 2 nitrogen and oxygen atoms in total. The van der Waals surface area contributed by atoms with E-state index < -0.39 is 0 Å². The zero-order valence-corrected chi connectivity index (χ0v) is 10.7. The van der Waals surface area contributed by atoms with E-state index in [1.54, 1.807) is 30.6 Å². The molecule has 0 atom stereocenters. The molecule has 3 aromatic rings. The molecular formula is C12H5Cl2NOS. The van der Waals surface area contributed by atoms with Gasteiger partial charge in [-0.2, -0.15) is 0 Å². The maximum atomic E-state index is 12.3. The summed E-state index contributed by atoms with van der Waals surface area (Å²) >= 11 is 13.6. The fourth-order valence-electron chi connectivity index (χ4n) is 1.73.